The fraction of sp³-hybridized carbons (Fsp3) is 0.400. The molecule has 0 aromatic heterocycles. The topological polar surface area (TPSA) is 76.8 Å². The first-order chi connectivity index (χ1) is 14.0. The Hall–Kier alpha value is -2.22. The second-order valence-corrected chi connectivity index (χ2v) is 8.73. The molecule has 0 atom stereocenters. The first-order valence-electron chi connectivity index (χ1n) is 9.41. The number of alkyl halides is 3. The molecule has 0 saturated heterocycles. The number of hydrogen-bond donors (Lipinski definition) is 2. The van der Waals surface area contributed by atoms with Gasteiger partial charge >= 0.3 is 13.8 Å². The molecule has 0 heterocycles. The molecule has 3 N–H and O–H groups in total. The number of halogens is 3. The van der Waals surface area contributed by atoms with Crippen molar-refractivity contribution in [3.05, 3.63) is 42.0 Å². The molecule has 166 valence electrons. The minimum Gasteiger partial charge on any atom is -0.398 e. The van der Waals surface area contributed by atoms with Crippen LogP contribution in [0.25, 0.3) is 11.1 Å². The molecule has 0 amide bonds. The van der Waals surface area contributed by atoms with Crippen molar-refractivity contribution in [2.45, 2.75) is 20.0 Å². The maximum Gasteiger partial charge on any atom is 0.418 e. The van der Waals surface area contributed by atoms with Crippen molar-refractivity contribution < 1.29 is 26.8 Å². The first kappa shape index (κ1) is 24.1. The van der Waals surface area contributed by atoms with E-state index < -0.39 is 25.6 Å². The van der Waals surface area contributed by atoms with Gasteiger partial charge in [0.15, 0.2) is 0 Å². The predicted octanol–water partition coefficient (Wildman–Crippen LogP) is 5.66. The van der Waals surface area contributed by atoms with Crippen molar-refractivity contribution >= 4 is 24.7 Å². The van der Waals surface area contributed by atoms with Gasteiger partial charge in [0.25, 0.3) is 0 Å². The summed E-state index contributed by atoms with van der Waals surface area (Å²) < 4.78 is 64.0. The molecule has 0 fully saturated rings. The zero-order chi connectivity index (χ0) is 22.5. The number of benzene rings is 2. The number of nitrogens with zero attached hydrogens (tertiary/aromatic N) is 1. The van der Waals surface area contributed by atoms with Crippen LogP contribution in [0.3, 0.4) is 0 Å². The van der Waals surface area contributed by atoms with Gasteiger partial charge in [-0.05, 0) is 32.0 Å². The van der Waals surface area contributed by atoms with E-state index >= 15 is 0 Å². The highest BCUT2D eigenvalue weighted by Gasteiger charge is 2.35. The largest absolute Gasteiger partial charge is 0.418 e. The molecule has 0 radical (unpaired) electrons. The number of nitrogens with two attached hydrogens (primary N) is 1. The third-order valence-electron chi connectivity index (χ3n) is 4.29. The number of nitrogen functional groups attached to an aromatic ring is 1. The van der Waals surface area contributed by atoms with Crippen LogP contribution in [0.5, 0.6) is 0 Å². The summed E-state index contributed by atoms with van der Waals surface area (Å²) in [6, 6.07) is 9.45. The van der Waals surface area contributed by atoms with Gasteiger partial charge in [-0.3, -0.25) is 4.57 Å². The lowest BCUT2D eigenvalue weighted by atomic mass is 9.98. The van der Waals surface area contributed by atoms with E-state index in [-0.39, 0.29) is 24.6 Å². The molecule has 2 aromatic carbocycles. The van der Waals surface area contributed by atoms with Crippen LogP contribution in [0.2, 0.25) is 0 Å². The molecule has 2 rings (SSSR count). The number of hydrogen-bond acceptors (Lipinski definition) is 6. The summed E-state index contributed by atoms with van der Waals surface area (Å²) in [5.41, 5.74) is 6.70. The smallest absolute Gasteiger partial charge is 0.398 e. The zero-order valence-electron chi connectivity index (χ0n) is 17.4. The van der Waals surface area contributed by atoms with E-state index in [1.165, 1.54) is 6.07 Å². The number of anilines is 3. The molecule has 0 spiro atoms. The number of nitrogens with one attached hydrogen (secondary N) is 1. The normalized spacial score (nSPS) is 12.1. The summed E-state index contributed by atoms with van der Waals surface area (Å²) >= 11 is 0. The van der Waals surface area contributed by atoms with E-state index in [0.717, 1.165) is 11.8 Å². The summed E-state index contributed by atoms with van der Waals surface area (Å²) in [6.45, 7) is 3.47. The Balaban J connectivity index is 2.56. The lowest BCUT2D eigenvalue weighted by molar-refractivity contribution is -0.136. The fourth-order valence-electron chi connectivity index (χ4n) is 3.03. The summed E-state index contributed by atoms with van der Waals surface area (Å²) in [4.78, 5) is 1.85. The highest BCUT2D eigenvalue weighted by molar-refractivity contribution is 7.53. The Bertz CT molecular complexity index is 910. The molecule has 0 bridgehead atoms. The Morgan fingerprint density at radius 1 is 1.07 bits per heavy atom. The van der Waals surface area contributed by atoms with E-state index in [0.29, 0.717) is 11.1 Å². The highest BCUT2D eigenvalue weighted by atomic mass is 31.2. The van der Waals surface area contributed by atoms with Crippen LogP contribution in [0.15, 0.2) is 36.4 Å². The molecule has 0 aliphatic rings. The Morgan fingerprint density at radius 3 is 2.20 bits per heavy atom. The maximum absolute atomic E-state index is 13.7. The SMILES string of the molecule is CCOP(=O)(CNc1cc(-c2ccccc2N(C)C)c(N)cc1C(F)(F)F)OCC. The third kappa shape index (κ3) is 5.68. The van der Waals surface area contributed by atoms with Gasteiger partial charge in [0.1, 0.15) is 6.29 Å². The molecular formula is C20H27F3N3O3P. The summed E-state index contributed by atoms with van der Waals surface area (Å²) in [5.74, 6) is 0. The third-order valence-corrected chi connectivity index (χ3v) is 6.13. The van der Waals surface area contributed by atoms with E-state index in [9.17, 15) is 17.7 Å². The van der Waals surface area contributed by atoms with E-state index in [1.807, 2.05) is 31.1 Å². The molecule has 0 aliphatic carbocycles. The Morgan fingerprint density at radius 2 is 1.67 bits per heavy atom. The van der Waals surface area contributed by atoms with Gasteiger partial charge in [-0.2, -0.15) is 13.2 Å². The monoisotopic (exact) mass is 445 g/mol. The van der Waals surface area contributed by atoms with E-state index in [2.05, 4.69) is 5.32 Å². The van der Waals surface area contributed by atoms with Crippen molar-refractivity contribution in [1.29, 1.82) is 0 Å². The molecular weight excluding hydrogens is 418 g/mol. The van der Waals surface area contributed by atoms with Gasteiger partial charge < -0.3 is 25.0 Å². The van der Waals surface area contributed by atoms with Crippen molar-refractivity contribution in [2.24, 2.45) is 0 Å². The van der Waals surface area contributed by atoms with Gasteiger partial charge in [-0.15, -0.1) is 0 Å². The standard InChI is InChI=1S/C20H27F3N3O3P/c1-5-28-30(27,29-6-2)13-25-18-11-15(17(24)12-16(18)20(21,22)23)14-9-7-8-10-19(14)26(3)4/h7-12,25H,5-6,13,24H2,1-4H3. The number of rotatable bonds is 9. The maximum atomic E-state index is 13.7. The van der Waals surface area contributed by atoms with Crippen molar-refractivity contribution in [3.8, 4) is 11.1 Å². The second kappa shape index (κ2) is 9.73. The fourth-order valence-corrected chi connectivity index (χ4v) is 4.43. The second-order valence-electron chi connectivity index (χ2n) is 6.68. The zero-order valence-corrected chi connectivity index (χ0v) is 18.3. The molecule has 0 saturated carbocycles. The highest BCUT2D eigenvalue weighted by Crippen LogP contribution is 2.49. The summed E-state index contributed by atoms with van der Waals surface area (Å²) in [7, 11) is 0.0651. The lowest BCUT2D eigenvalue weighted by Gasteiger charge is -2.23. The van der Waals surface area contributed by atoms with Crippen molar-refractivity contribution in [2.75, 3.05) is 49.5 Å². The van der Waals surface area contributed by atoms with Crippen LogP contribution in [-0.4, -0.2) is 33.6 Å². The molecule has 0 aliphatic heterocycles. The first-order valence-corrected chi connectivity index (χ1v) is 11.1. The van der Waals surface area contributed by atoms with Crippen LogP contribution < -0.4 is 16.0 Å². The minimum atomic E-state index is -4.66. The Labute approximate surface area is 174 Å². The molecule has 10 heteroatoms. The average Bonchev–Trinajstić information content (AvgIpc) is 2.66. The minimum absolute atomic E-state index is 0.0139. The van der Waals surface area contributed by atoms with Crippen LogP contribution in [-0.2, 0) is 19.8 Å². The summed E-state index contributed by atoms with van der Waals surface area (Å²) in [6.07, 6.45) is -5.06. The summed E-state index contributed by atoms with van der Waals surface area (Å²) in [5, 5.41) is 2.61. The van der Waals surface area contributed by atoms with Gasteiger partial charge in [-0.1, -0.05) is 18.2 Å². The van der Waals surface area contributed by atoms with Gasteiger partial charge in [-0.25, -0.2) is 0 Å². The quantitative estimate of drug-likeness (QED) is 0.383. The van der Waals surface area contributed by atoms with Gasteiger partial charge in [0.2, 0.25) is 0 Å². The molecule has 6 nitrogen and oxygen atoms in total. The van der Waals surface area contributed by atoms with Crippen molar-refractivity contribution in [1.82, 2.24) is 0 Å². The average molecular weight is 445 g/mol. The predicted molar refractivity (Wildman–Crippen MR) is 115 cm³/mol. The number of para-hydroxylation sites is 1. The van der Waals surface area contributed by atoms with Gasteiger partial charge in [0, 0.05) is 42.3 Å². The Kier molecular flexibility index (Phi) is 7.80. The van der Waals surface area contributed by atoms with Crippen LogP contribution in [0, 0.1) is 0 Å². The van der Waals surface area contributed by atoms with Crippen LogP contribution in [0.4, 0.5) is 30.2 Å². The molecule has 30 heavy (non-hydrogen) atoms. The molecule has 2 aromatic rings. The van der Waals surface area contributed by atoms with E-state index in [1.54, 1.807) is 26.0 Å². The molecule has 0 unspecified atom stereocenters. The van der Waals surface area contributed by atoms with Crippen LogP contribution >= 0.6 is 7.60 Å². The van der Waals surface area contributed by atoms with E-state index in [4.69, 9.17) is 14.8 Å². The van der Waals surface area contributed by atoms with Gasteiger partial charge in [0.05, 0.1) is 18.8 Å². The van der Waals surface area contributed by atoms with Crippen LogP contribution in [0.1, 0.15) is 19.4 Å². The van der Waals surface area contributed by atoms with Crippen molar-refractivity contribution in [3.63, 3.8) is 0 Å². The lowest BCUT2D eigenvalue weighted by Crippen LogP contribution is -2.15.